The number of carbonyl (C=O) groups is 2. The van der Waals surface area contributed by atoms with Crippen LogP contribution in [0.4, 0.5) is 0 Å². The smallest absolute Gasteiger partial charge is 0.328 e. The quantitative estimate of drug-likeness (QED) is 0.839. The lowest BCUT2D eigenvalue weighted by atomic mass is 10.3. The average Bonchev–Trinajstić information content (AvgIpc) is 2.85. The first-order chi connectivity index (χ1) is 8.66. The molecule has 1 saturated heterocycles. The fraction of sp³-hybridized carbons (Fsp3) is 0.333. The van der Waals surface area contributed by atoms with Crippen molar-refractivity contribution in [1.82, 2.24) is 4.90 Å². The maximum Gasteiger partial charge on any atom is 0.328 e. The molecule has 1 aromatic rings. The van der Waals surface area contributed by atoms with E-state index in [-0.39, 0.29) is 5.91 Å². The van der Waals surface area contributed by atoms with Gasteiger partial charge in [-0.2, -0.15) is 0 Å². The SMILES string of the molecule is O=C(O)C=Cc1ccc(C(=O)N2CCOCC2)s1. The van der Waals surface area contributed by atoms with Crippen LogP contribution >= 0.6 is 11.3 Å². The molecule has 2 heterocycles. The number of hydrogen-bond donors (Lipinski definition) is 1. The zero-order valence-corrected chi connectivity index (χ0v) is 10.5. The van der Waals surface area contributed by atoms with Gasteiger partial charge in [-0.25, -0.2) is 4.79 Å². The average molecular weight is 267 g/mol. The number of nitrogens with zero attached hydrogens (tertiary/aromatic N) is 1. The Labute approximate surface area is 108 Å². The molecule has 6 heteroatoms. The van der Waals surface area contributed by atoms with E-state index in [1.54, 1.807) is 17.0 Å². The third kappa shape index (κ3) is 3.18. The summed E-state index contributed by atoms with van der Waals surface area (Å²) in [5.41, 5.74) is 0. The van der Waals surface area contributed by atoms with Gasteiger partial charge in [0.25, 0.3) is 5.91 Å². The maximum atomic E-state index is 12.1. The van der Waals surface area contributed by atoms with Crippen molar-refractivity contribution in [2.75, 3.05) is 26.3 Å². The third-order valence-electron chi connectivity index (χ3n) is 2.53. The Balaban J connectivity index is 2.04. The van der Waals surface area contributed by atoms with Crippen LogP contribution in [0.5, 0.6) is 0 Å². The van der Waals surface area contributed by atoms with Crippen LogP contribution in [0.25, 0.3) is 6.08 Å². The summed E-state index contributed by atoms with van der Waals surface area (Å²) in [5, 5.41) is 8.52. The summed E-state index contributed by atoms with van der Waals surface area (Å²) in [6.45, 7) is 2.36. The molecule has 1 aliphatic rings. The highest BCUT2D eigenvalue weighted by molar-refractivity contribution is 7.14. The van der Waals surface area contributed by atoms with Gasteiger partial charge in [0.05, 0.1) is 18.1 Å². The number of ether oxygens (including phenoxy) is 1. The molecule has 0 saturated carbocycles. The molecule has 5 nitrogen and oxygen atoms in total. The minimum atomic E-state index is -0.996. The highest BCUT2D eigenvalue weighted by atomic mass is 32.1. The molecule has 0 unspecified atom stereocenters. The number of carboxylic acid groups (broad SMARTS) is 1. The molecule has 96 valence electrons. The number of carboxylic acids is 1. The van der Waals surface area contributed by atoms with E-state index in [2.05, 4.69) is 0 Å². The summed E-state index contributed by atoms with van der Waals surface area (Å²) in [6.07, 6.45) is 2.55. The molecule has 0 aliphatic carbocycles. The summed E-state index contributed by atoms with van der Waals surface area (Å²) in [5.74, 6) is -1.01. The highest BCUT2D eigenvalue weighted by Crippen LogP contribution is 2.20. The van der Waals surface area contributed by atoms with Crippen molar-refractivity contribution in [3.63, 3.8) is 0 Å². The molecule has 1 amide bonds. The first-order valence-corrected chi connectivity index (χ1v) is 6.36. The molecule has 1 fully saturated rings. The summed E-state index contributed by atoms with van der Waals surface area (Å²) in [6, 6.07) is 3.47. The number of aliphatic carboxylic acids is 1. The van der Waals surface area contributed by atoms with Gasteiger partial charge in [0, 0.05) is 24.0 Å². The molecule has 1 aliphatic heterocycles. The van der Waals surface area contributed by atoms with E-state index in [9.17, 15) is 9.59 Å². The molecule has 1 aromatic heterocycles. The van der Waals surface area contributed by atoms with Gasteiger partial charge in [-0.3, -0.25) is 4.79 Å². The largest absolute Gasteiger partial charge is 0.478 e. The Morgan fingerprint density at radius 3 is 2.72 bits per heavy atom. The van der Waals surface area contributed by atoms with E-state index in [0.717, 1.165) is 11.0 Å². The van der Waals surface area contributed by atoms with E-state index in [0.29, 0.717) is 31.2 Å². The zero-order valence-electron chi connectivity index (χ0n) is 9.67. The van der Waals surface area contributed by atoms with Crippen LogP contribution in [-0.2, 0) is 9.53 Å². The van der Waals surface area contributed by atoms with Gasteiger partial charge in [0.2, 0.25) is 0 Å². The van der Waals surface area contributed by atoms with Gasteiger partial charge in [-0.1, -0.05) is 0 Å². The van der Waals surface area contributed by atoms with E-state index in [1.165, 1.54) is 17.4 Å². The van der Waals surface area contributed by atoms with Crippen LogP contribution in [0.1, 0.15) is 14.5 Å². The predicted octanol–water partition coefficient (Wildman–Crippen LogP) is 1.32. The fourth-order valence-electron chi connectivity index (χ4n) is 1.63. The van der Waals surface area contributed by atoms with Crippen LogP contribution in [0.2, 0.25) is 0 Å². The van der Waals surface area contributed by atoms with Crippen LogP contribution in [0.3, 0.4) is 0 Å². The zero-order chi connectivity index (χ0) is 13.0. The van der Waals surface area contributed by atoms with Gasteiger partial charge < -0.3 is 14.7 Å². The molecular weight excluding hydrogens is 254 g/mol. The number of thiophene rings is 1. The molecule has 0 aromatic carbocycles. The van der Waals surface area contributed by atoms with Gasteiger partial charge >= 0.3 is 5.97 Å². The Bertz CT molecular complexity index is 474. The van der Waals surface area contributed by atoms with Crippen LogP contribution in [0.15, 0.2) is 18.2 Å². The lowest BCUT2D eigenvalue weighted by molar-refractivity contribution is -0.131. The van der Waals surface area contributed by atoms with Crippen molar-refractivity contribution in [2.24, 2.45) is 0 Å². The van der Waals surface area contributed by atoms with E-state index < -0.39 is 5.97 Å². The second-order valence-corrected chi connectivity index (χ2v) is 4.89. The molecule has 0 spiro atoms. The van der Waals surface area contributed by atoms with Gasteiger partial charge in [-0.15, -0.1) is 11.3 Å². The minimum absolute atomic E-state index is 0.0155. The van der Waals surface area contributed by atoms with Crippen LogP contribution < -0.4 is 0 Å². The summed E-state index contributed by atoms with van der Waals surface area (Å²) in [7, 11) is 0. The first kappa shape index (κ1) is 12.8. The number of rotatable bonds is 3. The third-order valence-corrected chi connectivity index (χ3v) is 3.56. The van der Waals surface area contributed by atoms with Crippen LogP contribution in [-0.4, -0.2) is 48.2 Å². The molecule has 2 rings (SSSR count). The molecule has 0 bridgehead atoms. The Morgan fingerprint density at radius 1 is 1.33 bits per heavy atom. The minimum Gasteiger partial charge on any atom is -0.478 e. The number of amides is 1. The van der Waals surface area contributed by atoms with Crippen molar-refractivity contribution < 1.29 is 19.4 Å². The standard InChI is InChI=1S/C12H13NO4S/c14-11(15)4-2-9-1-3-10(18-9)12(16)13-5-7-17-8-6-13/h1-4H,5-8H2,(H,14,15). The molecule has 18 heavy (non-hydrogen) atoms. The van der Waals surface area contributed by atoms with E-state index in [1.807, 2.05) is 0 Å². The van der Waals surface area contributed by atoms with Crippen molar-refractivity contribution in [1.29, 1.82) is 0 Å². The van der Waals surface area contributed by atoms with Crippen molar-refractivity contribution in [3.8, 4) is 0 Å². The molecule has 0 radical (unpaired) electrons. The second-order valence-electron chi connectivity index (χ2n) is 3.78. The Hall–Kier alpha value is -1.66. The summed E-state index contributed by atoms with van der Waals surface area (Å²) >= 11 is 1.29. The Morgan fingerprint density at radius 2 is 2.06 bits per heavy atom. The topological polar surface area (TPSA) is 66.8 Å². The molecule has 1 N–H and O–H groups in total. The number of morpholine rings is 1. The lowest BCUT2D eigenvalue weighted by Crippen LogP contribution is -2.40. The molecule has 0 atom stereocenters. The van der Waals surface area contributed by atoms with Gasteiger partial charge in [-0.05, 0) is 18.2 Å². The van der Waals surface area contributed by atoms with Crippen molar-refractivity contribution in [3.05, 3.63) is 28.0 Å². The lowest BCUT2D eigenvalue weighted by Gasteiger charge is -2.26. The van der Waals surface area contributed by atoms with Gasteiger partial charge in [0.1, 0.15) is 0 Å². The summed E-state index contributed by atoms with van der Waals surface area (Å²) in [4.78, 5) is 25.6. The monoisotopic (exact) mass is 267 g/mol. The number of carbonyl (C=O) groups excluding carboxylic acids is 1. The highest BCUT2D eigenvalue weighted by Gasteiger charge is 2.19. The maximum absolute atomic E-state index is 12.1. The van der Waals surface area contributed by atoms with Crippen molar-refractivity contribution in [2.45, 2.75) is 0 Å². The first-order valence-electron chi connectivity index (χ1n) is 5.54. The van der Waals surface area contributed by atoms with Crippen molar-refractivity contribution >= 4 is 29.3 Å². The normalized spacial score (nSPS) is 16.1. The fourth-order valence-corrected chi connectivity index (χ4v) is 2.51. The predicted molar refractivity (Wildman–Crippen MR) is 67.7 cm³/mol. The van der Waals surface area contributed by atoms with E-state index >= 15 is 0 Å². The summed E-state index contributed by atoms with van der Waals surface area (Å²) < 4.78 is 5.19. The number of hydrogen-bond acceptors (Lipinski definition) is 4. The molecular formula is C12H13NO4S. The van der Waals surface area contributed by atoms with E-state index in [4.69, 9.17) is 9.84 Å². The van der Waals surface area contributed by atoms with Gasteiger partial charge in [0.15, 0.2) is 0 Å². The van der Waals surface area contributed by atoms with Crippen LogP contribution in [0, 0.1) is 0 Å². The Kier molecular flexibility index (Phi) is 4.11. The second kappa shape index (κ2) is 5.79.